The van der Waals surface area contributed by atoms with Gasteiger partial charge in [-0.05, 0) is 47.5 Å². The zero-order valence-electron chi connectivity index (χ0n) is 16.6. The predicted molar refractivity (Wildman–Crippen MR) is 106 cm³/mol. The number of hydrogen-bond acceptors (Lipinski definition) is 1. The maximum atomic E-state index is 14.1. The summed E-state index contributed by atoms with van der Waals surface area (Å²) in [6.07, 6.45) is 7.97. The van der Waals surface area contributed by atoms with Crippen LogP contribution in [0.25, 0.3) is 0 Å². The van der Waals surface area contributed by atoms with Gasteiger partial charge in [0, 0.05) is 26.2 Å². The van der Waals surface area contributed by atoms with Crippen molar-refractivity contribution in [2.45, 2.75) is 47.0 Å². The van der Waals surface area contributed by atoms with E-state index in [1.807, 2.05) is 25.1 Å². The second-order valence-corrected chi connectivity index (χ2v) is 8.39. The molecule has 0 radical (unpaired) electrons. The Morgan fingerprint density at radius 1 is 1.04 bits per heavy atom. The van der Waals surface area contributed by atoms with Gasteiger partial charge in [-0.2, -0.15) is 0 Å². The zero-order chi connectivity index (χ0) is 18.6. The van der Waals surface area contributed by atoms with E-state index in [2.05, 4.69) is 58.0 Å². The monoisotopic (exact) mass is 341 g/mol. The van der Waals surface area contributed by atoms with E-state index in [-0.39, 0.29) is 5.83 Å². The molecule has 2 rings (SSSR count). The van der Waals surface area contributed by atoms with Gasteiger partial charge in [0.2, 0.25) is 0 Å². The molecule has 2 heteroatoms. The van der Waals surface area contributed by atoms with Gasteiger partial charge in [0.15, 0.2) is 0 Å². The molecule has 0 heterocycles. The lowest BCUT2D eigenvalue weighted by molar-refractivity contribution is 0.248. The van der Waals surface area contributed by atoms with E-state index < -0.39 is 0 Å². The molecule has 0 bridgehead atoms. The Hall–Kier alpha value is -1.83. The predicted octanol–water partition coefficient (Wildman–Crippen LogP) is 6.08. The summed E-state index contributed by atoms with van der Waals surface area (Å²) >= 11 is 0. The normalized spacial score (nSPS) is 15.4. The molecule has 0 N–H and O–H groups in total. The van der Waals surface area contributed by atoms with E-state index in [0.717, 1.165) is 24.1 Å². The lowest BCUT2D eigenvalue weighted by Gasteiger charge is -2.29. The first-order valence-corrected chi connectivity index (χ1v) is 9.18. The van der Waals surface area contributed by atoms with Crippen LogP contribution in [0.5, 0.6) is 0 Å². The summed E-state index contributed by atoms with van der Waals surface area (Å²) in [6.45, 7) is 9.21. The Kier molecular flexibility index (Phi) is 6.26. The fourth-order valence-corrected chi connectivity index (χ4v) is 2.91. The van der Waals surface area contributed by atoms with Gasteiger partial charge in [-0.15, -0.1) is 0 Å². The van der Waals surface area contributed by atoms with Crippen molar-refractivity contribution in [1.29, 1.82) is 0 Å². The molecular weight excluding hydrogens is 309 g/mol. The van der Waals surface area contributed by atoms with Crippen LogP contribution in [0, 0.1) is 11.3 Å². The third-order valence-electron chi connectivity index (χ3n) is 5.38. The van der Waals surface area contributed by atoms with Crippen molar-refractivity contribution in [3.05, 3.63) is 70.7 Å². The van der Waals surface area contributed by atoms with Crippen molar-refractivity contribution < 1.29 is 4.39 Å². The summed E-state index contributed by atoms with van der Waals surface area (Å²) in [5.41, 5.74) is 4.93. The summed E-state index contributed by atoms with van der Waals surface area (Å²) in [7, 11) is 3.87. The van der Waals surface area contributed by atoms with Crippen LogP contribution >= 0.6 is 0 Å². The summed E-state index contributed by atoms with van der Waals surface area (Å²) in [4.78, 5) is 1.93. The maximum Gasteiger partial charge on any atom is 0.106 e. The number of halogens is 1. The Morgan fingerprint density at radius 3 is 2.20 bits per heavy atom. The van der Waals surface area contributed by atoms with Crippen LogP contribution in [0.1, 0.15) is 45.2 Å². The Labute approximate surface area is 152 Å². The average Bonchev–Trinajstić information content (AvgIpc) is 2.70. The highest BCUT2D eigenvalue weighted by atomic mass is 19.1. The second-order valence-electron chi connectivity index (χ2n) is 8.39. The van der Waals surface area contributed by atoms with Crippen molar-refractivity contribution in [3.63, 3.8) is 0 Å². The number of rotatable bonds is 6. The molecule has 1 aromatic rings. The summed E-state index contributed by atoms with van der Waals surface area (Å²) < 4.78 is 14.1. The molecule has 136 valence electrons. The van der Waals surface area contributed by atoms with E-state index in [0.29, 0.717) is 17.8 Å². The van der Waals surface area contributed by atoms with Crippen LogP contribution in [0.4, 0.5) is 4.39 Å². The van der Waals surface area contributed by atoms with E-state index in [9.17, 15) is 4.39 Å². The minimum absolute atomic E-state index is 0.0704. The van der Waals surface area contributed by atoms with Crippen molar-refractivity contribution in [3.8, 4) is 0 Å². The summed E-state index contributed by atoms with van der Waals surface area (Å²) in [5.74, 6) is 0.578. The molecule has 0 aromatic heterocycles. The molecule has 1 aromatic carbocycles. The molecule has 0 amide bonds. The second kappa shape index (κ2) is 8.03. The van der Waals surface area contributed by atoms with Crippen molar-refractivity contribution in [2.75, 3.05) is 14.1 Å². The molecule has 0 spiro atoms. The molecule has 0 aliphatic heterocycles. The summed E-state index contributed by atoms with van der Waals surface area (Å²) in [5, 5.41) is 0. The van der Waals surface area contributed by atoms with Crippen molar-refractivity contribution >= 4 is 0 Å². The lowest BCUT2D eigenvalue weighted by Crippen LogP contribution is -2.21. The molecule has 0 saturated heterocycles. The average molecular weight is 342 g/mol. The van der Waals surface area contributed by atoms with Gasteiger partial charge in [0.1, 0.15) is 5.83 Å². The maximum absolute atomic E-state index is 14.1. The third kappa shape index (κ3) is 5.59. The van der Waals surface area contributed by atoms with E-state index in [1.165, 1.54) is 11.1 Å². The van der Waals surface area contributed by atoms with Crippen molar-refractivity contribution in [2.24, 2.45) is 11.3 Å². The minimum atomic E-state index is -0.0704. The smallest absolute Gasteiger partial charge is 0.106 e. The van der Waals surface area contributed by atoms with Gasteiger partial charge in [-0.3, -0.25) is 0 Å². The minimum Gasteiger partial charge on any atom is -0.378 e. The number of nitrogens with zero attached hydrogens (tertiary/aromatic N) is 1. The first-order chi connectivity index (χ1) is 11.7. The first kappa shape index (κ1) is 19.5. The Bertz CT molecular complexity index is 673. The largest absolute Gasteiger partial charge is 0.378 e. The molecule has 0 unspecified atom stereocenters. The standard InChI is InChI=1S/C23H32FN/c1-17(2)23(3,4)16-19-9-7-18(8-10-19)13-20-11-12-22(25(5)6)15-21(24)14-20/h7-12,15,17H,13-14,16H2,1-6H3. The van der Waals surface area contributed by atoms with Crippen LogP contribution < -0.4 is 0 Å². The summed E-state index contributed by atoms with van der Waals surface area (Å²) in [6, 6.07) is 8.83. The van der Waals surface area contributed by atoms with Crippen LogP contribution in [0.3, 0.4) is 0 Å². The topological polar surface area (TPSA) is 3.24 Å². The number of hydrogen-bond donors (Lipinski definition) is 0. The van der Waals surface area contributed by atoms with Crippen LogP contribution in [0.15, 0.2) is 59.6 Å². The fourth-order valence-electron chi connectivity index (χ4n) is 2.91. The van der Waals surface area contributed by atoms with Gasteiger partial charge < -0.3 is 4.90 Å². The first-order valence-electron chi connectivity index (χ1n) is 9.18. The van der Waals surface area contributed by atoms with Crippen LogP contribution in [-0.4, -0.2) is 19.0 Å². The lowest BCUT2D eigenvalue weighted by atomic mass is 9.76. The van der Waals surface area contributed by atoms with Gasteiger partial charge in [0.05, 0.1) is 0 Å². The molecule has 0 fully saturated rings. The number of likely N-dealkylation sites (N-methyl/N-ethyl adjacent to an activating group) is 1. The van der Waals surface area contributed by atoms with Gasteiger partial charge in [-0.25, -0.2) is 4.39 Å². The Balaban J connectivity index is 2.08. The quantitative estimate of drug-likeness (QED) is 0.606. The van der Waals surface area contributed by atoms with E-state index in [4.69, 9.17) is 0 Å². The van der Waals surface area contributed by atoms with Crippen LogP contribution in [-0.2, 0) is 12.8 Å². The van der Waals surface area contributed by atoms with Gasteiger partial charge >= 0.3 is 0 Å². The molecule has 1 nitrogen and oxygen atoms in total. The van der Waals surface area contributed by atoms with Gasteiger partial charge in [-0.1, -0.05) is 63.6 Å². The highest BCUT2D eigenvalue weighted by Gasteiger charge is 2.22. The highest BCUT2D eigenvalue weighted by Crippen LogP contribution is 2.31. The van der Waals surface area contributed by atoms with Gasteiger partial charge in [0.25, 0.3) is 0 Å². The zero-order valence-corrected chi connectivity index (χ0v) is 16.6. The third-order valence-corrected chi connectivity index (χ3v) is 5.38. The molecule has 25 heavy (non-hydrogen) atoms. The molecule has 1 aliphatic carbocycles. The molecular formula is C23H32FN. The highest BCUT2D eigenvalue weighted by molar-refractivity contribution is 5.35. The number of benzene rings is 1. The molecule has 0 saturated carbocycles. The van der Waals surface area contributed by atoms with Crippen LogP contribution in [0.2, 0.25) is 0 Å². The van der Waals surface area contributed by atoms with E-state index in [1.54, 1.807) is 6.08 Å². The molecule has 0 atom stereocenters. The molecule has 1 aliphatic rings. The Morgan fingerprint density at radius 2 is 1.64 bits per heavy atom. The SMILES string of the molecule is CC(C)C(C)(C)Cc1ccc(CC2=CC=C(N(C)C)C=C(F)C2)cc1. The van der Waals surface area contributed by atoms with E-state index >= 15 is 0 Å². The number of allylic oxidation sites excluding steroid dienone is 5. The fraction of sp³-hybridized carbons (Fsp3) is 0.478. The van der Waals surface area contributed by atoms with Crippen molar-refractivity contribution in [1.82, 2.24) is 4.90 Å².